The van der Waals surface area contributed by atoms with Crippen LogP contribution in [0.15, 0.2) is 24.4 Å². The molecule has 0 aliphatic rings. The van der Waals surface area contributed by atoms with Gasteiger partial charge in [0.05, 0.1) is 12.3 Å². The Bertz CT molecular complexity index is 227. The van der Waals surface area contributed by atoms with Gasteiger partial charge in [0.2, 0.25) is 0 Å². The minimum absolute atomic E-state index is 0.360. The highest BCUT2D eigenvalue weighted by atomic mass is 16.4. The van der Waals surface area contributed by atoms with E-state index in [1.54, 1.807) is 18.2 Å². The number of aromatic nitrogens is 1. The summed E-state index contributed by atoms with van der Waals surface area (Å²) in [6.45, 7) is -0.474. The molecule has 0 unspecified atom stereocenters. The largest absolute Gasteiger partial charge is 0.394 e. The molecule has 0 aromatic carbocycles. The predicted molar refractivity (Wildman–Crippen MR) is 42.3 cm³/mol. The van der Waals surface area contributed by atoms with Crippen LogP contribution in [0.3, 0.4) is 0 Å². The summed E-state index contributed by atoms with van der Waals surface area (Å²) in [5.41, 5.74) is 0.360. The number of hydrogen-bond donors (Lipinski definition) is 3. The number of rotatable bonds is 3. The Balaban J connectivity index is 2.71. The van der Waals surface area contributed by atoms with Gasteiger partial charge in [0, 0.05) is 6.20 Å². The van der Waals surface area contributed by atoms with Crippen molar-refractivity contribution in [3.05, 3.63) is 30.1 Å². The molecule has 0 aliphatic carbocycles. The molecule has 2 atom stereocenters. The molecule has 12 heavy (non-hydrogen) atoms. The Morgan fingerprint density at radius 1 is 1.33 bits per heavy atom. The van der Waals surface area contributed by atoms with E-state index in [1.165, 1.54) is 6.20 Å². The molecule has 1 aromatic heterocycles. The monoisotopic (exact) mass is 169 g/mol. The Hall–Kier alpha value is -0.970. The molecular weight excluding hydrogens is 158 g/mol. The zero-order valence-corrected chi connectivity index (χ0v) is 6.46. The lowest BCUT2D eigenvalue weighted by Gasteiger charge is -2.14. The molecule has 1 aromatic rings. The van der Waals surface area contributed by atoms with Gasteiger partial charge in [-0.15, -0.1) is 0 Å². The summed E-state index contributed by atoms with van der Waals surface area (Å²) in [4.78, 5) is 3.83. The zero-order chi connectivity index (χ0) is 8.97. The second-order valence-corrected chi connectivity index (χ2v) is 2.45. The average molecular weight is 169 g/mol. The molecule has 0 radical (unpaired) electrons. The molecule has 3 N–H and O–H groups in total. The third-order valence-corrected chi connectivity index (χ3v) is 1.54. The highest BCUT2D eigenvalue weighted by molar-refractivity contribution is 5.07. The summed E-state index contributed by atoms with van der Waals surface area (Å²) in [6, 6.07) is 5.00. The normalized spacial score (nSPS) is 15.6. The molecule has 0 saturated carbocycles. The first kappa shape index (κ1) is 9.12. The van der Waals surface area contributed by atoms with E-state index in [4.69, 9.17) is 10.2 Å². The first-order valence-corrected chi connectivity index (χ1v) is 3.63. The fraction of sp³-hybridized carbons (Fsp3) is 0.375. The second-order valence-electron chi connectivity index (χ2n) is 2.45. The Kier molecular flexibility index (Phi) is 3.16. The van der Waals surface area contributed by atoms with E-state index in [2.05, 4.69) is 4.98 Å². The second kappa shape index (κ2) is 4.15. The van der Waals surface area contributed by atoms with Gasteiger partial charge in [-0.25, -0.2) is 0 Å². The molecule has 0 bridgehead atoms. The lowest BCUT2D eigenvalue weighted by molar-refractivity contribution is -0.0172. The molecule has 1 heterocycles. The van der Waals surface area contributed by atoms with Crippen LogP contribution >= 0.6 is 0 Å². The van der Waals surface area contributed by atoms with Gasteiger partial charge in [-0.05, 0) is 12.1 Å². The van der Waals surface area contributed by atoms with Gasteiger partial charge in [-0.1, -0.05) is 6.07 Å². The summed E-state index contributed by atoms with van der Waals surface area (Å²) in [5.74, 6) is 0. The highest BCUT2D eigenvalue weighted by Gasteiger charge is 2.17. The van der Waals surface area contributed by atoms with Crippen molar-refractivity contribution in [2.75, 3.05) is 6.61 Å². The van der Waals surface area contributed by atoms with Crippen molar-refractivity contribution >= 4 is 0 Å². The Labute approximate surface area is 70.1 Å². The van der Waals surface area contributed by atoms with Gasteiger partial charge in [0.1, 0.15) is 12.2 Å². The molecular formula is C8H11NO3. The molecule has 4 heteroatoms. The topological polar surface area (TPSA) is 73.6 Å². The van der Waals surface area contributed by atoms with E-state index >= 15 is 0 Å². The predicted octanol–water partition coefficient (Wildman–Crippen LogP) is -0.532. The molecule has 0 spiro atoms. The van der Waals surface area contributed by atoms with Crippen LogP contribution in [-0.2, 0) is 0 Å². The van der Waals surface area contributed by atoms with Gasteiger partial charge >= 0.3 is 0 Å². The van der Waals surface area contributed by atoms with E-state index in [9.17, 15) is 5.11 Å². The summed E-state index contributed by atoms with van der Waals surface area (Å²) >= 11 is 0. The first-order chi connectivity index (χ1) is 5.75. The van der Waals surface area contributed by atoms with E-state index in [-0.39, 0.29) is 0 Å². The van der Waals surface area contributed by atoms with E-state index in [1.807, 2.05) is 0 Å². The van der Waals surface area contributed by atoms with Crippen molar-refractivity contribution in [3.8, 4) is 0 Å². The van der Waals surface area contributed by atoms with E-state index in [0.29, 0.717) is 5.69 Å². The Morgan fingerprint density at radius 2 is 2.08 bits per heavy atom. The van der Waals surface area contributed by atoms with Gasteiger partial charge < -0.3 is 15.3 Å². The van der Waals surface area contributed by atoms with Crippen LogP contribution in [0.2, 0.25) is 0 Å². The van der Waals surface area contributed by atoms with Gasteiger partial charge in [-0.3, -0.25) is 4.98 Å². The summed E-state index contributed by atoms with van der Waals surface area (Å²) in [6.07, 6.45) is -0.765. The zero-order valence-electron chi connectivity index (χ0n) is 6.46. The van der Waals surface area contributed by atoms with Gasteiger partial charge in [-0.2, -0.15) is 0 Å². The van der Waals surface area contributed by atoms with Crippen molar-refractivity contribution in [2.24, 2.45) is 0 Å². The average Bonchev–Trinajstić information content (AvgIpc) is 2.17. The van der Waals surface area contributed by atoms with Crippen LogP contribution < -0.4 is 0 Å². The number of hydrogen-bond acceptors (Lipinski definition) is 4. The van der Waals surface area contributed by atoms with Crippen LogP contribution in [0, 0.1) is 0 Å². The van der Waals surface area contributed by atoms with Gasteiger partial charge in [0.25, 0.3) is 0 Å². The maximum atomic E-state index is 9.32. The summed E-state index contributed by atoms with van der Waals surface area (Å²) in [7, 11) is 0. The SMILES string of the molecule is OC[C@@H](O)[C@H](O)c1ccccn1. The molecule has 1 rings (SSSR count). The van der Waals surface area contributed by atoms with E-state index in [0.717, 1.165) is 0 Å². The fourth-order valence-corrected chi connectivity index (χ4v) is 0.848. The quantitative estimate of drug-likeness (QED) is 0.568. The summed E-state index contributed by atoms with van der Waals surface area (Å²) < 4.78 is 0. The van der Waals surface area contributed by atoms with Crippen molar-refractivity contribution < 1.29 is 15.3 Å². The van der Waals surface area contributed by atoms with Crippen molar-refractivity contribution in [1.29, 1.82) is 0 Å². The van der Waals surface area contributed by atoms with Crippen LogP contribution in [-0.4, -0.2) is 33.0 Å². The molecule has 4 nitrogen and oxygen atoms in total. The lowest BCUT2D eigenvalue weighted by atomic mass is 10.1. The molecule has 0 aliphatic heterocycles. The van der Waals surface area contributed by atoms with Crippen molar-refractivity contribution in [1.82, 2.24) is 4.98 Å². The lowest BCUT2D eigenvalue weighted by Crippen LogP contribution is -2.22. The minimum atomic E-state index is -1.17. The summed E-state index contributed by atoms with van der Waals surface area (Å²) in [5, 5.41) is 26.9. The highest BCUT2D eigenvalue weighted by Crippen LogP contribution is 2.12. The minimum Gasteiger partial charge on any atom is -0.394 e. The number of aliphatic hydroxyl groups excluding tert-OH is 3. The third-order valence-electron chi connectivity index (χ3n) is 1.54. The molecule has 0 saturated heterocycles. The smallest absolute Gasteiger partial charge is 0.124 e. The third kappa shape index (κ3) is 2.01. The first-order valence-electron chi connectivity index (χ1n) is 3.63. The van der Waals surface area contributed by atoms with Gasteiger partial charge in [0.15, 0.2) is 0 Å². The molecule has 0 amide bonds. The van der Waals surface area contributed by atoms with E-state index < -0.39 is 18.8 Å². The number of nitrogens with zero attached hydrogens (tertiary/aromatic N) is 1. The fourth-order valence-electron chi connectivity index (χ4n) is 0.848. The molecule has 0 fully saturated rings. The molecule has 66 valence electrons. The standard InChI is InChI=1S/C8H11NO3/c10-5-7(11)8(12)6-3-1-2-4-9-6/h1-4,7-8,10-12H,5H2/t7-,8-/m1/s1. The maximum Gasteiger partial charge on any atom is 0.124 e. The van der Waals surface area contributed by atoms with Crippen molar-refractivity contribution in [3.63, 3.8) is 0 Å². The maximum absolute atomic E-state index is 9.32. The van der Waals surface area contributed by atoms with Crippen LogP contribution in [0.25, 0.3) is 0 Å². The number of aliphatic hydroxyl groups is 3. The van der Waals surface area contributed by atoms with Crippen LogP contribution in [0.1, 0.15) is 11.8 Å². The van der Waals surface area contributed by atoms with Crippen molar-refractivity contribution in [2.45, 2.75) is 12.2 Å². The van der Waals surface area contributed by atoms with Crippen LogP contribution in [0.4, 0.5) is 0 Å². The van der Waals surface area contributed by atoms with Crippen LogP contribution in [0.5, 0.6) is 0 Å². The number of pyridine rings is 1. The Morgan fingerprint density at radius 3 is 2.58 bits per heavy atom.